The number of aromatic nitrogens is 3. The van der Waals surface area contributed by atoms with E-state index in [0.29, 0.717) is 18.9 Å². The van der Waals surface area contributed by atoms with E-state index in [2.05, 4.69) is 57.9 Å². The summed E-state index contributed by atoms with van der Waals surface area (Å²) in [6, 6.07) is 10.4. The fraction of sp³-hybridized carbons (Fsp3) is 0.435. The van der Waals surface area contributed by atoms with E-state index in [0.717, 1.165) is 48.3 Å². The van der Waals surface area contributed by atoms with Crippen LogP contribution in [0.25, 0.3) is 10.9 Å². The molecule has 1 N–H and O–H groups in total. The lowest BCUT2D eigenvalue weighted by molar-refractivity contribution is -0.00576. The maximum Gasteiger partial charge on any atom is 0.255 e. The summed E-state index contributed by atoms with van der Waals surface area (Å²) in [4.78, 5) is 29.7. The highest BCUT2D eigenvalue weighted by Crippen LogP contribution is 2.23. The number of para-hydroxylation sites is 1. The average Bonchev–Trinajstić information content (AvgIpc) is 2.73. The van der Waals surface area contributed by atoms with Crippen molar-refractivity contribution in [3.8, 4) is 0 Å². The van der Waals surface area contributed by atoms with E-state index in [4.69, 9.17) is 9.72 Å². The molecule has 0 saturated carbocycles. The largest absolute Gasteiger partial charge is 0.372 e. The molecule has 0 spiro atoms. The molecule has 0 bridgehead atoms. The number of hydrogen-bond donors (Lipinski definition) is 1. The van der Waals surface area contributed by atoms with Crippen LogP contribution in [0.4, 0.5) is 5.95 Å². The fourth-order valence-electron chi connectivity index (χ4n) is 4.65. The number of pyridine rings is 1. The Kier molecular flexibility index (Phi) is 5.00. The van der Waals surface area contributed by atoms with Gasteiger partial charge in [-0.05, 0) is 31.9 Å². The van der Waals surface area contributed by atoms with Gasteiger partial charge in [0.15, 0.2) is 0 Å². The third-order valence-corrected chi connectivity index (χ3v) is 5.97. The SMILES string of the molecule is C[C@@H]1CN(c2nc3c(c(=O)[nH]2)CCN(Cc2cccc4cccnc24)C3)C[C@H](C)O1. The third-order valence-electron chi connectivity index (χ3n) is 5.97. The van der Waals surface area contributed by atoms with Crippen LogP contribution in [-0.4, -0.2) is 51.7 Å². The van der Waals surface area contributed by atoms with Gasteiger partial charge in [0.2, 0.25) is 5.95 Å². The van der Waals surface area contributed by atoms with E-state index in [1.165, 1.54) is 5.56 Å². The molecule has 1 aromatic carbocycles. The lowest BCUT2D eigenvalue weighted by Crippen LogP contribution is -2.47. The number of aromatic amines is 1. The first-order chi connectivity index (χ1) is 14.6. The van der Waals surface area contributed by atoms with E-state index in [-0.39, 0.29) is 17.8 Å². The van der Waals surface area contributed by atoms with Gasteiger partial charge < -0.3 is 9.64 Å². The molecule has 0 aliphatic carbocycles. The van der Waals surface area contributed by atoms with Crippen LogP contribution >= 0.6 is 0 Å². The normalized spacial score (nSPS) is 22.3. The molecule has 7 nitrogen and oxygen atoms in total. The predicted molar refractivity (Wildman–Crippen MR) is 117 cm³/mol. The summed E-state index contributed by atoms with van der Waals surface area (Å²) in [5.41, 5.74) is 3.95. The number of benzene rings is 1. The number of rotatable bonds is 3. The molecule has 2 aliphatic heterocycles. The van der Waals surface area contributed by atoms with Crippen molar-refractivity contribution in [1.82, 2.24) is 19.9 Å². The monoisotopic (exact) mass is 405 g/mol. The minimum atomic E-state index is -0.00623. The lowest BCUT2D eigenvalue weighted by Gasteiger charge is -2.36. The zero-order valence-corrected chi connectivity index (χ0v) is 17.5. The number of anilines is 1. The van der Waals surface area contributed by atoms with Crippen LogP contribution in [0, 0.1) is 0 Å². The Hall–Kier alpha value is -2.77. The number of fused-ring (bicyclic) bond motifs is 2. The molecular weight excluding hydrogens is 378 g/mol. The molecule has 1 saturated heterocycles. The van der Waals surface area contributed by atoms with Crippen molar-refractivity contribution in [1.29, 1.82) is 0 Å². The molecule has 4 heterocycles. The molecule has 0 radical (unpaired) electrons. The van der Waals surface area contributed by atoms with Gasteiger partial charge in [0, 0.05) is 49.9 Å². The minimum Gasteiger partial charge on any atom is -0.372 e. The van der Waals surface area contributed by atoms with Crippen molar-refractivity contribution in [2.75, 3.05) is 24.5 Å². The summed E-state index contributed by atoms with van der Waals surface area (Å²) in [7, 11) is 0. The van der Waals surface area contributed by atoms with Gasteiger partial charge in [0.1, 0.15) is 0 Å². The number of morpholine rings is 1. The van der Waals surface area contributed by atoms with Crippen molar-refractivity contribution < 1.29 is 4.74 Å². The smallest absolute Gasteiger partial charge is 0.255 e. The molecular formula is C23H27N5O2. The Morgan fingerprint density at radius 1 is 1.17 bits per heavy atom. The molecule has 156 valence electrons. The minimum absolute atomic E-state index is 0.00623. The number of nitrogens with one attached hydrogen (secondary N) is 1. The van der Waals surface area contributed by atoms with Crippen LogP contribution in [0.2, 0.25) is 0 Å². The van der Waals surface area contributed by atoms with E-state index >= 15 is 0 Å². The molecule has 0 amide bonds. The molecule has 2 atom stereocenters. The van der Waals surface area contributed by atoms with Crippen LogP contribution in [0.1, 0.15) is 30.7 Å². The van der Waals surface area contributed by atoms with E-state index in [9.17, 15) is 4.79 Å². The summed E-state index contributed by atoms with van der Waals surface area (Å²) in [5.74, 6) is 0.662. The highest BCUT2D eigenvalue weighted by atomic mass is 16.5. The van der Waals surface area contributed by atoms with Gasteiger partial charge >= 0.3 is 0 Å². The lowest BCUT2D eigenvalue weighted by atomic mass is 10.0. The first-order valence-electron chi connectivity index (χ1n) is 10.6. The van der Waals surface area contributed by atoms with Gasteiger partial charge in [-0.3, -0.25) is 19.7 Å². The van der Waals surface area contributed by atoms with Gasteiger partial charge in [-0.15, -0.1) is 0 Å². The molecule has 2 aromatic heterocycles. The Morgan fingerprint density at radius 3 is 2.80 bits per heavy atom. The van der Waals surface area contributed by atoms with Crippen LogP contribution in [0.5, 0.6) is 0 Å². The summed E-state index contributed by atoms with van der Waals surface area (Å²) in [6.07, 6.45) is 2.79. The van der Waals surface area contributed by atoms with Crippen LogP contribution < -0.4 is 10.5 Å². The zero-order chi connectivity index (χ0) is 20.7. The van der Waals surface area contributed by atoms with Crippen LogP contribution in [0.3, 0.4) is 0 Å². The Bertz CT molecular complexity index is 1110. The first-order valence-corrected chi connectivity index (χ1v) is 10.6. The fourth-order valence-corrected chi connectivity index (χ4v) is 4.65. The van der Waals surface area contributed by atoms with Gasteiger partial charge in [-0.2, -0.15) is 0 Å². The van der Waals surface area contributed by atoms with E-state index < -0.39 is 0 Å². The number of H-pyrrole nitrogens is 1. The maximum atomic E-state index is 12.7. The Morgan fingerprint density at radius 2 is 1.97 bits per heavy atom. The second kappa shape index (κ2) is 7.81. The Labute approximate surface area is 175 Å². The average molecular weight is 406 g/mol. The second-order valence-corrected chi connectivity index (χ2v) is 8.43. The van der Waals surface area contributed by atoms with Crippen molar-refractivity contribution in [2.24, 2.45) is 0 Å². The molecule has 2 aliphatic rings. The van der Waals surface area contributed by atoms with Crippen molar-refractivity contribution in [3.63, 3.8) is 0 Å². The third kappa shape index (κ3) is 3.70. The zero-order valence-electron chi connectivity index (χ0n) is 17.5. The molecule has 3 aromatic rings. The second-order valence-electron chi connectivity index (χ2n) is 8.43. The summed E-state index contributed by atoms with van der Waals surface area (Å²) in [5, 5.41) is 1.15. The molecule has 0 unspecified atom stereocenters. The summed E-state index contributed by atoms with van der Waals surface area (Å²) in [6.45, 7) is 7.88. The highest BCUT2D eigenvalue weighted by Gasteiger charge is 2.27. The standard InChI is InChI=1S/C23H27N5O2/c1-15-11-28(12-16(2)30-15)23-25-20-14-27(10-8-19(20)22(29)26-23)13-18-6-3-5-17-7-4-9-24-21(17)18/h3-7,9,15-16H,8,10-14H2,1-2H3,(H,25,26,29)/t15-,16+. The number of ether oxygens (including phenoxy) is 1. The quantitative estimate of drug-likeness (QED) is 0.722. The molecule has 5 rings (SSSR count). The van der Waals surface area contributed by atoms with Crippen molar-refractivity contribution >= 4 is 16.9 Å². The predicted octanol–water partition coefficient (Wildman–Crippen LogP) is 2.49. The first kappa shape index (κ1) is 19.2. The van der Waals surface area contributed by atoms with Crippen molar-refractivity contribution in [2.45, 2.75) is 45.6 Å². The summed E-state index contributed by atoms with van der Waals surface area (Å²) < 4.78 is 5.82. The Balaban J connectivity index is 1.40. The molecule has 30 heavy (non-hydrogen) atoms. The van der Waals surface area contributed by atoms with Gasteiger partial charge in [0.05, 0.1) is 23.4 Å². The number of hydrogen-bond acceptors (Lipinski definition) is 6. The number of nitrogens with zero attached hydrogens (tertiary/aromatic N) is 4. The van der Waals surface area contributed by atoms with Crippen LogP contribution in [-0.2, 0) is 24.2 Å². The summed E-state index contributed by atoms with van der Waals surface area (Å²) >= 11 is 0. The molecule has 7 heteroatoms. The highest BCUT2D eigenvalue weighted by molar-refractivity contribution is 5.81. The van der Waals surface area contributed by atoms with Gasteiger partial charge in [0.25, 0.3) is 5.56 Å². The maximum absolute atomic E-state index is 12.7. The van der Waals surface area contributed by atoms with Crippen molar-refractivity contribution in [3.05, 3.63) is 63.7 Å². The van der Waals surface area contributed by atoms with Crippen LogP contribution in [0.15, 0.2) is 41.3 Å². The molecule has 1 fully saturated rings. The van der Waals surface area contributed by atoms with Gasteiger partial charge in [-0.1, -0.05) is 24.3 Å². The topological polar surface area (TPSA) is 74.4 Å². The van der Waals surface area contributed by atoms with E-state index in [1.54, 1.807) is 0 Å². The van der Waals surface area contributed by atoms with E-state index in [1.807, 2.05) is 12.3 Å². The van der Waals surface area contributed by atoms with Gasteiger partial charge in [-0.25, -0.2) is 4.98 Å².